The van der Waals surface area contributed by atoms with Gasteiger partial charge in [0, 0.05) is 17.6 Å². The van der Waals surface area contributed by atoms with Gasteiger partial charge in [0.1, 0.15) is 6.04 Å². The van der Waals surface area contributed by atoms with Gasteiger partial charge in [-0.2, -0.15) is 0 Å². The van der Waals surface area contributed by atoms with Crippen molar-refractivity contribution in [1.82, 2.24) is 10.9 Å². The number of nitrogens with one attached hydrogen (secondary N) is 2. The third-order valence-electron chi connectivity index (χ3n) is 5.31. The van der Waals surface area contributed by atoms with Crippen LogP contribution < -0.4 is 15.8 Å². The molecule has 24 heavy (non-hydrogen) atoms. The molecule has 2 aliphatic heterocycles. The normalized spacial score (nSPS) is 29.1. The second-order valence-corrected chi connectivity index (χ2v) is 7.03. The predicted octanol–water partition coefficient (Wildman–Crippen LogP) is 2.87. The summed E-state index contributed by atoms with van der Waals surface area (Å²) in [5.74, 6) is 0.354. The van der Waals surface area contributed by atoms with E-state index >= 15 is 0 Å². The van der Waals surface area contributed by atoms with E-state index in [0.717, 1.165) is 5.69 Å². The van der Waals surface area contributed by atoms with Gasteiger partial charge in [-0.1, -0.05) is 47.5 Å². The maximum Gasteiger partial charge on any atom is 0.246 e. The van der Waals surface area contributed by atoms with E-state index in [1.807, 2.05) is 17.0 Å². The fraction of sp³-hybridized carbons (Fsp3) is 0.350. The Kier molecular flexibility index (Phi) is 3.66. The molecule has 4 heteroatoms. The van der Waals surface area contributed by atoms with Crippen molar-refractivity contribution in [2.75, 3.05) is 4.90 Å². The molecule has 4 rings (SSSR count). The third-order valence-corrected chi connectivity index (χ3v) is 5.31. The standard InChI is InChI=1S/C20H23N3O/c1-12-4-8-15(9-5-12)19-17-14(3)21-22-18(17)20(24)23(19)16-10-6-13(2)7-11-16/h4-11,14,17-19,21-22H,1-3H3. The van der Waals surface area contributed by atoms with Crippen LogP contribution in [-0.2, 0) is 4.79 Å². The first-order chi connectivity index (χ1) is 11.6. The maximum absolute atomic E-state index is 13.1. The van der Waals surface area contributed by atoms with Crippen LogP contribution in [0.1, 0.15) is 29.7 Å². The summed E-state index contributed by atoms with van der Waals surface area (Å²) >= 11 is 0. The highest BCUT2D eigenvalue weighted by atomic mass is 16.2. The lowest BCUT2D eigenvalue weighted by atomic mass is 9.87. The molecule has 4 atom stereocenters. The van der Waals surface area contributed by atoms with Gasteiger partial charge in [0.25, 0.3) is 0 Å². The minimum absolute atomic E-state index is 0.0447. The molecule has 1 amide bonds. The lowest BCUT2D eigenvalue weighted by molar-refractivity contribution is -0.119. The lowest BCUT2D eigenvalue weighted by Gasteiger charge is -2.30. The minimum Gasteiger partial charge on any atom is -0.303 e. The van der Waals surface area contributed by atoms with E-state index in [4.69, 9.17) is 0 Å². The number of benzene rings is 2. The Morgan fingerprint density at radius 3 is 2.08 bits per heavy atom. The van der Waals surface area contributed by atoms with Gasteiger partial charge >= 0.3 is 0 Å². The molecular formula is C20H23N3O. The molecule has 0 aromatic heterocycles. The van der Waals surface area contributed by atoms with E-state index in [1.165, 1.54) is 16.7 Å². The first-order valence-corrected chi connectivity index (χ1v) is 8.53. The summed E-state index contributed by atoms with van der Waals surface area (Å²) in [6, 6.07) is 16.9. The second-order valence-electron chi connectivity index (χ2n) is 7.03. The number of hydrazine groups is 1. The molecule has 2 fully saturated rings. The van der Waals surface area contributed by atoms with E-state index < -0.39 is 0 Å². The van der Waals surface area contributed by atoms with Crippen LogP contribution in [0.25, 0.3) is 0 Å². The summed E-state index contributed by atoms with van der Waals surface area (Å²) in [6.45, 7) is 6.30. The van der Waals surface area contributed by atoms with E-state index in [2.05, 4.69) is 68.0 Å². The molecule has 2 saturated heterocycles. The van der Waals surface area contributed by atoms with Crippen LogP contribution in [0.15, 0.2) is 48.5 Å². The summed E-state index contributed by atoms with van der Waals surface area (Å²) in [6.07, 6.45) is 0. The topological polar surface area (TPSA) is 44.4 Å². The number of aryl methyl sites for hydroxylation is 2. The maximum atomic E-state index is 13.1. The van der Waals surface area contributed by atoms with Crippen LogP contribution in [0.4, 0.5) is 5.69 Å². The van der Waals surface area contributed by atoms with Crippen molar-refractivity contribution in [2.45, 2.75) is 38.9 Å². The van der Waals surface area contributed by atoms with Crippen molar-refractivity contribution in [3.8, 4) is 0 Å². The molecule has 4 unspecified atom stereocenters. The number of fused-ring (bicyclic) bond motifs is 1. The van der Waals surface area contributed by atoms with E-state index in [-0.39, 0.29) is 30.0 Å². The van der Waals surface area contributed by atoms with Crippen LogP contribution in [0, 0.1) is 19.8 Å². The van der Waals surface area contributed by atoms with Crippen LogP contribution in [0.3, 0.4) is 0 Å². The largest absolute Gasteiger partial charge is 0.303 e. The predicted molar refractivity (Wildman–Crippen MR) is 95.6 cm³/mol. The monoisotopic (exact) mass is 321 g/mol. The van der Waals surface area contributed by atoms with Gasteiger partial charge in [0.05, 0.1) is 6.04 Å². The zero-order chi connectivity index (χ0) is 16.8. The van der Waals surface area contributed by atoms with Gasteiger partial charge < -0.3 is 4.90 Å². The van der Waals surface area contributed by atoms with Gasteiger partial charge in [-0.15, -0.1) is 0 Å². The molecule has 0 radical (unpaired) electrons. The van der Waals surface area contributed by atoms with Crippen molar-refractivity contribution >= 4 is 11.6 Å². The van der Waals surface area contributed by atoms with Crippen molar-refractivity contribution in [3.05, 3.63) is 65.2 Å². The van der Waals surface area contributed by atoms with Crippen LogP contribution in [0.5, 0.6) is 0 Å². The third kappa shape index (κ3) is 2.34. The number of hydrogen-bond acceptors (Lipinski definition) is 3. The number of amides is 1. The van der Waals surface area contributed by atoms with E-state index in [1.54, 1.807) is 0 Å². The van der Waals surface area contributed by atoms with E-state index in [0.29, 0.717) is 0 Å². The summed E-state index contributed by atoms with van der Waals surface area (Å²) in [5, 5.41) is 0. The number of hydrogen-bond donors (Lipinski definition) is 2. The molecule has 124 valence electrons. The van der Waals surface area contributed by atoms with Crippen LogP contribution in [0.2, 0.25) is 0 Å². The Balaban J connectivity index is 1.81. The van der Waals surface area contributed by atoms with Gasteiger partial charge in [0.15, 0.2) is 0 Å². The number of nitrogens with zero attached hydrogens (tertiary/aromatic N) is 1. The Hall–Kier alpha value is -2.17. The van der Waals surface area contributed by atoms with Crippen molar-refractivity contribution < 1.29 is 4.79 Å². The first-order valence-electron chi connectivity index (χ1n) is 8.53. The highest BCUT2D eigenvalue weighted by Crippen LogP contribution is 2.44. The minimum atomic E-state index is -0.174. The average Bonchev–Trinajstić information content (AvgIpc) is 3.09. The molecule has 0 aliphatic carbocycles. The summed E-state index contributed by atoms with van der Waals surface area (Å²) in [4.78, 5) is 15.1. The molecule has 2 aromatic rings. The Labute approximate surface area is 142 Å². The zero-order valence-corrected chi connectivity index (χ0v) is 14.3. The van der Waals surface area contributed by atoms with Crippen LogP contribution >= 0.6 is 0 Å². The van der Waals surface area contributed by atoms with Gasteiger partial charge in [-0.05, 0) is 38.5 Å². The fourth-order valence-corrected chi connectivity index (χ4v) is 3.97. The smallest absolute Gasteiger partial charge is 0.246 e. The summed E-state index contributed by atoms with van der Waals surface area (Å²) in [7, 11) is 0. The molecule has 0 spiro atoms. The molecule has 4 nitrogen and oxygen atoms in total. The number of carbonyl (C=O) groups is 1. The lowest BCUT2D eigenvalue weighted by Crippen LogP contribution is -2.42. The second kappa shape index (κ2) is 5.72. The molecule has 2 aromatic carbocycles. The van der Waals surface area contributed by atoms with Crippen molar-refractivity contribution in [1.29, 1.82) is 0 Å². The number of carbonyl (C=O) groups excluding carboxylic acids is 1. The average molecular weight is 321 g/mol. The van der Waals surface area contributed by atoms with Gasteiger partial charge in [-0.25, -0.2) is 5.43 Å². The van der Waals surface area contributed by atoms with Crippen LogP contribution in [-0.4, -0.2) is 18.0 Å². The summed E-state index contributed by atoms with van der Waals surface area (Å²) < 4.78 is 0. The highest BCUT2D eigenvalue weighted by molar-refractivity contribution is 6.01. The number of rotatable bonds is 2. The number of anilines is 1. The molecule has 2 heterocycles. The van der Waals surface area contributed by atoms with Crippen molar-refractivity contribution in [2.24, 2.45) is 5.92 Å². The Morgan fingerprint density at radius 1 is 0.875 bits per heavy atom. The van der Waals surface area contributed by atoms with Crippen molar-refractivity contribution in [3.63, 3.8) is 0 Å². The van der Waals surface area contributed by atoms with E-state index in [9.17, 15) is 4.79 Å². The molecule has 0 bridgehead atoms. The van der Waals surface area contributed by atoms with Gasteiger partial charge in [-0.3, -0.25) is 10.2 Å². The Morgan fingerprint density at radius 2 is 1.46 bits per heavy atom. The van der Waals surface area contributed by atoms with Gasteiger partial charge in [0.2, 0.25) is 5.91 Å². The Bertz CT molecular complexity index is 753. The quantitative estimate of drug-likeness (QED) is 0.894. The highest BCUT2D eigenvalue weighted by Gasteiger charge is 2.54. The molecule has 0 saturated carbocycles. The first kappa shape index (κ1) is 15.4. The fourth-order valence-electron chi connectivity index (χ4n) is 3.97. The molecule has 2 N–H and O–H groups in total. The zero-order valence-electron chi connectivity index (χ0n) is 14.3. The molecular weight excluding hydrogens is 298 g/mol. The summed E-state index contributed by atoms with van der Waals surface area (Å²) in [5.41, 5.74) is 11.0. The SMILES string of the molecule is Cc1ccc(C2C3C(C)NNC3C(=O)N2c2ccc(C)cc2)cc1. The molecule has 2 aliphatic rings.